The number of nitrogens with one attached hydrogen (secondary N) is 1. The first-order valence-electron chi connectivity index (χ1n) is 6.41. The lowest BCUT2D eigenvalue weighted by Gasteiger charge is -2.30. The Morgan fingerprint density at radius 2 is 2.21 bits per heavy atom. The van der Waals surface area contributed by atoms with Gasteiger partial charge in [-0.2, -0.15) is 0 Å². The Hall–Kier alpha value is -2.04. The molecule has 0 saturated carbocycles. The van der Waals surface area contributed by atoms with Crippen LogP contribution >= 0.6 is 0 Å². The molecule has 0 spiro atoms. The molecule has 1 atom stereocenters. The Kier molecular flexibility index (Phi) is 4.04. The van der Waals surface area contributed by atoms with Gasteiger partial charge < -0.3 is 15.3 Å². The fraction of sp³-hybridized carbons (Fsp3) is 0.429. The molecule has 5 heteroatoms. The van der Waals surface area contributed by atoms with E-state index in [-0.39, 0.29) is 12.3 Å². The Balaban J connectivity index is 2.35. The number of nitrogens with zero attached hydrogens (tertiary/aromatic N) is 1. The monoisotopic (exact) mass is 262 g/mol. The summed E-state index contributed by atoms with van der Waals surface area (Å²) < 4.78 is 0. The molecule has 1 aliphatic heterocycles. The number of aryl methyl sites for hydroxylation is 1. The fourth-order valence-electron chi connectivity index (χ4n) is 2.42. The van der Waals surface area contributed by atoms with Crippen molar-refractivity contribution in [3.8, 4) is 0 Å². The number of hydrogen-bond donors (Lipinski definition) is 2. The molecule has 1 unspecified atom stereocenters. The molecule has 102 valence electrons. The van der Waals surface area contributed by atoms with Crippen molar-refractivity contribution in [1.29, 1.82) is 0 Å². The molecule has 0 bridgehead atoms. The van der Waals surface area contributed by atoms with Crippen molar-refractivity contribution in [2.45, 2.75) is 25.8 Å². The lowest BCUT2D eigenvalue weighted by atomic mass is 10.1. The van der Waals surface area contributed by atoms with Gasteiger partial charge in [-0.25, -0.2) is 0 Å². The number of hydrogen-bond acceptors (Lipinski definition) is 3. The highest BCUT2D eigenvalue weighted by atomic mass is 16.4. The molecular weight excluding hydrogens is 244 g/mol. The number of carbonyl (C=O) groups excluding carboxylic acids is 1. The number of carbonyl (C=O) groups is 2. The largest absolute Gasteiger partial charge is 0.481 e. The fourth-order valence-corrected chi connectivity index (χ4v) is 2.42. The topological polar surface area (TPSA) is 69.6 Å². The molecule has 5 nitrogen and oxygen atoms in total. The molecule has 1 saturated heterocycles. The van der Waals surface area contributed by atoms with E-state index in [0.717, 1.165) is 17.7 Å². The van der Waals surface area contributed by atoms with Crippen molar-refractivity contribution in [2.75, 3.05) is 18.0 Å². The molecule has 1 aliphatic rings. The van der Waals surface area contributed by atoms with Gasteiger partial charge in [0.2, 0.25) is 5.91 Å². The Labute approximate surface area is 112 Å². The smallest absolute Gasteiger partial charge is 0.305 e. The van der Waals surface area contributed by atoms with Gasteiger partial charge in [0.15, 0.2) is 0 Å². The molecule has 1 aromatic rings. The van der Waals surface area contributed by atoms with Crippen molar-refractivity contribution >= 4 is 17.6 Å². The van der Waals surface area contributed by atoms with Crippen LogP contribution in [0.1, 0.15) is 18.4 Å². The van der Waals surface area contributed by atoms with Crippen LogP contribution in [0.25, 0.3) is 0 Å². The van der Waals surface area contributed by atoms with Crippen molar-refractivity contribution in [1.82, 2.24) is 5.32 Å². The summed E-state index contributed by atoms with van der Waals surface area (Å²) in [5.74, 6) is -1.16. The molecular formula is C14H18N2O3. The first kappa shape index (κ1) is 13.4. The van der Waals surface area contributed by atoms with Crippen molar-refractivity contribution < 1.29 is 14.7 Å². The number of carboxylic acids is 1. The molecule has 1 aromatic carbocycles. The van der Waals surface area contributed by atoms with E-state index in [1.807, 2.05) is 36.1 Å². The number of carboxylic acid groups (broad SMARTS) is 1. The van der Waals surface area contributed by atoms with Crippen molar-refractivity contribution in [2.24, 2.45) is 0 Å². The van der Waals surface area contributed by atoms with Crippen molar-refractivity contribution in [3.05, 3.63) is 29.8 Å². The lowest BCUT2D eigenvalue weighted by molar-refractivity contribution is -0.139. The van der Waals surface area contributed by atoms with Crippen LogP contribution in [0.5, 0.6) is 0 Å². The zero-order valence-corrected chi connectivity index (χ0v) is 10.9. The zero-order chi connectivity index (χ0) is 13.8. The minimum Gasteiger partial charge on any atom is -0.481 e. The second kappa shape index (κ2) is 5.73. The first-order valence-corrected chi connectivity index (χ1v) is 6.41. The van der Waals surface area contributed by atoms with Gasteiger partial charge in [0.05, 0.1) is 6.42 Å². The van der Waals surface area contributed by atoms with Crippen LogP contribution in [0, 0.1) is 6.92 Å². The van der Waals surface area contributed by atoms with Gasteiger partial charge in [-0.1, -0.05) is 18.2 Å². The van der Waals surface area contributed by atoms with Gasteiger partial charge in [0.25, 0.3) is 0 Å². The second-order valence-electron chi connectivity index (χ2n) is 4.74. The second-order valence-corrected chi connectivity index (χ2v) is 4.74. The van der Waals surface area contributed by atoms with Crippen LogP contribution in [0.3, 0.4) is 0 Å². The SMILES string of the molecule is Cc1ccccc1N1CCCNC(=O)C1CC(=O)O. The van der Waals surface area contributed by atoms with E-state index in [2.05, 4.69) is 5.32 Å². The number of amides is 1. The molecule has 0 aromatic heterocycles. The maximum Gasteiger partial charge on any atom is 0.305 e. The van der Waals surface area contributed by atoms with E-state index in [0.29, 0.717) is 13.1 Å². The van der Waals surface area contributed by atoms with E-state index in [4.69, 9.17) is 5.11 Å². The van der Waals surface area contributed by atoms with Crippen LogP contribution < -0.4 is 10.2 Å². The Morgan fingerprint density at radius 3 is 2.89 bits per heavy atom. The Morgan fingerprint density at radius 1 is 1.47 bits per heavy atom. The van der Waals surface area contributed by atoms with E-state index in [1.165, 1.54) is 0 Å². The summed E-state index contributed by atoms with van der Waals surface area (Å²) in [4.78, 5) is 24.9. The summed E-state index contributed by atoms with van der Waals surface area (Å²) >= 11 is 0. The predicted molar refractivity (Wildman–Crippen MR) is 72.2 cm³/mol. The van der Waals surface area contributed by atoms with E-state index in [9.17, 15) is 9.59 Å². The highest BCUT2D eigenvalue weighted by molar-refractivity contribution is 5.89. The standard InChI is InChI=1S/C14H18N2O3/c1-10-5-2-3-6-11(10)16-8-4-7-15-14(19)12(16)9-13(17)18/h2-3,5-6,12H,4,7-9H2,1H3,(H,15,19)(H,17,18). The molecule has 1 heterocycles. The van der Waals surface area contributed by atoms with Gasteiger partial charge in [0.1, 0.15) is 6.04 Å². The molecule has 2 N–H and O–H groups in total. The molecule has 0 radical (unpaired) electrons. The summed E-state index contributed by atoms with van der Waals surface area (Å²) in [6.07, 6.45) is 0.635. The summed E-state index contributed by atoms with van der Waals surface area (Å²) in [5.41, 5.74) is 1.98. The summed E-state index contributed by atoms with van der Waals surface area (Å²) in [6, 6.07) is 7.10. The first-order chi connectivity index (χ1) is 9.09. The summed E-state index contributed by atoms with van der Waals surface area (Å²) in [7, 11) is 0. The van der Waals surface area contributed by atoms with E-state index < -0.39 is 12.0 Å². The number of aliphatic carboxylic acids is 1. The summed E-state index contributed by atoms with van der Waals surface area (Å²) in [6.45, 7) is 3.24. The normalized spacial score (nSPS) is 19.7. The highest BCUT2D eigenvalue weighted by Crippen LogP contribution is 2.24. The maximum atomic E-state index is 12.0. The van der Waals surface area contributed by atoms with E-state index >= 15 is 0 Å². The number of benzene rings is 1. The van der Waals surface area contributed by atoms with Crippen LogP contribution in [0.15, 0.2) is 24.3 Å². The quantitative estimate of drug-likeness (QED) is 0.857. The molecule has 2 rings (SSSR count). The Bertz CT molecular complexity index is 487. The lowest BCUT2D eigenvalue weighted by Crippen LogP contribution is -2.46. The number of rotatable bonds is 3. The third-order valence-electron chi connectivity index (χ3n) is 3.35. The maximum absolute atomic E-state index is 12.0. The number of para-hydroxylation sites is 1. The average Bonchev–Trinajstić information content (AvgIpc) is 2.53. The van der Waals surface area contributed by atoms with Crippen LogP contribution in [-0.4, -0.2) is 36.1 Å². The minimum absolute atomic E-state index is 0.180. The third kappa shape index (κ3) is 3.05. The van der Waals surface area contributed by atoms with E-state index in [1.54, 1.807) is 0 Å². The van der Waals surface area contributed by atoms with Gasteiger partial charge in [0, 0.05) is 18.8 Å². The summed E-state index contributed by atoms with van der Waals surface area (Å²) in [5, 5.41) is 11.8. The van der Waals surface area contributed by atoms with Crippen LogP contribution in [-0.2, 0) is 9.59 Å². The van der Waals surface area contributed by atoms with Gasteiger partial charge in [-0.05, 0) is 25.0 Å². The predicted octanol–water partition coefficient (Wildman–Crippen LogP) is 1.16. The van der Waals surface area contributed by atoms with Gasteiger partial charge in [-0.3, -0.25) is 9.59 Å². The molecule has 1 fully saturated rings. The molecule has 1 amide bonds. The third-order valence-corrected chi connectivity index (χ3v) is 3.35. The van der Waals surface area contributed by atoms with Crippen molar-refractivity contribution in [3.63, 3.8) is 0 Å². The van der Waals surface area contributed by atoms with Crippen LogP contribution in [0.4, 0.5) is 5.69 Å². The number of anilines is 1. The zero-order valence-electron chi connectivity index (χ0n) is 10.9. The van der Waals surface area contributed by atoms with Gasteiger partial charge in [-0.15, -0.1) is 0 Å². The molecule has 0 aliphatic carbocycles. The van der Waals surface area contributed by atoms with Crippen LogP contribution in [0.2, 0.25) is 0 Å². The minimum atomic E-state index is -0.958. The van der Waals surface area contributed by atoms with Gasteiger partial charge >= 0.3 is 5.97 Å². The average molecular weight is 262 g/mol. The molecule has 19 heavy (non-hydrogen) atoms. The highest BCUT2D eigenvalue weighted by Gasteiger charge is 2.30.